The quantitative estimate of drug-likeness (QED) is 0.647. The molecule has 6 nitrogen and oxygen atoms in total. The summed E-state index contributed by atoms with van der Waals surface area (Å²) in [5.74, 6) is -0.116. The molecule has 31 heavy (non-hydrogen) atoms. The van der Waals surface area contributed by atoms with E-state index >= 15 is 0 Å². The lowest BCUT2D eigenvalue weighted by Gasteiger charge is -2.32. The minimum absolute atomic E-state index is 0.0336. The van der Waals surface area contributed by atoms with Crippen molar-refractivity contribution in [1.29, 1.82) is 0 Å². The van der Waals surface area contributed by atoms with Gasteiger partial charge in [0.05, 0.1) is 16.1 Å². The van der Waals surface area contributed by atoms with Gasteiger partial charge in [0.15, 0.2) is 0 Å². The van der Waals surface area contributed by atoms with Crippen LogP contribution in [-0.4, -0.2) is 89.7 Å². The third-order valence-corrected chi connectivity index (χ3v) is 6.49. The zero-order chi connectivity index (χ0) is 22.4. The monoisotopic (exact) mass is 471 g/mol. The van der Waals surface area contributed by atoms with E-state index in [0.717, 1.165) is 12.0 Å². The Morgan fingerprint density at radius 1 is 1.16 bits per heavy atom. The Labute approximate surface area is 192 Å². The number of hydrogen-bond donors (Lipinski definition) is 1. The van der Waals surface area contributed by atoms with E-state index in [4.69, 9.17) is 23.2 Å². The zero-order valence-corrected chi connectivity index (χ0v) is 18.9. The number of β-amino-alcohol motifs (C(OH)–C–C–N with tert-alkyl or cyclic N) is 1. The maximum Gasteiger partial charge on any atom is 0.246 e. The van der Waals surface area contributed by atoms with Gasteiger partial charge >= 0.3 is 0 Å². The summed E-state index contributed by atoms with van der Waals surface area (Å²) in [5, 5.41) is 10.5. The summed E-state index contributed by atoms with van der Waals surface area (Å²) in [6.07, 6.45) is 2.49. The lowest BCUT2D eigenvalue weighted by molar-refractivity contribution is -0.130. The van der Waals surface area contributed by atoms with E-state index in [1.54, 1.807) is 34.1 Å². The molecular weight excluding hydrogens is 444 g/mol. The van der Waals surface area contributed by atoms with Crippen LogP contribution >= 0.6 is 23.2 Å². The molecule has 0 aliphatic carbocycles. The minimum atomic E-state index is -1.14. The number of likely N-dealkylation sites (tertiary alicyclic amines) is 1. The predicted molar refractivity (Wildman–Crippen MR) is 120 cm³/mol. The topological polar surface area (TPSA) is 64.1 Å². The highest BCUT2D eigenvalue weighted by molar-refractivity contribution is 6.42. The molecule has 0 saturated carbocycles. The molecule has 2 heterocycles. The van der Waals surface area contributed by atoms with Gasteiger partial charge in [-0.2, -0.15) is 0 Å². The fourth-order valence-electron chi connectivity index (χ4n) is 3.87. The summed E-state index contributed by atoms with van der Waals surface area (Å²) in [4.78, 5) is 30.5. The number of aliphatic hydroxyl groups excluding tert-OH is 1. The Balaban J connectivity index is 1.45. The second kappa shape index (κ2) is 11.3. The van der Waals surface area contributed by atoms with Gasteiger partial charge in [-0.25, -0.2) is 4.39 Å². The maximum absolute atomic E-state index is 13.4. The predicted octanol–water partition coefficient (Wildman–Crippen LogP) is 2.86. The Hall–Kier alpha value is -1.67. The molecule has 2 fully saturated rings. The van der Waals surface area contributed by atoms with Gasteiger partial charge in [0.1, 0.15) is 6.17 Å². The lowest BCUT2D eigenvalue weighted by atomic mass is 10.1. The molecule has 2 saturated heterocycles. The Kier molecular flexibility index (Phi) is 8.72. The van der Waals surface area contributed by atoms with Crippen LogP contribution in [-0.2, 0) is 9.59 Å². The summed E-state index contributed by atoms with van der Waals surface area (Å²) in [6, 6.07) is 5.15. The fraction of sp³-hybridized carbons (Fsp3) is 0.545. The highest BCUT2D eigenvalue weighted by atomic mass is 35.5. The molecule has 9 heteroatoms. The van der Waals surface area contributed by atoms with Gasteiger partial charge in [0, 0.05) is 51.8 Å². The van der Waals surface area contributed by atoms with E-state index in [1.807, 2.05) is 4.90 Å². The summed E-state index contributed by atoms with van der Waals surface area (Å²) in [6.45, 7) is 3.61. The number of carbonyl (C=O) groups excluding carboxylic acids is 2. The highest BCUT2D eigenvalue weighted by Gasteiger charge is 2.27. The van der Waals surface area contributed by atoms with Crippen LogP contribution in [0.1, 0.15) is 24.8 Å². The molecule has 1 aromatic carbocycles. The molecule has 1 N–H and O–H groups in total. The highest BCUT2D eigenvalue weighted by Crippen LogP contribution is 2.23. The summed E-state index contributed by atoms with van der Waals surface area (Å²) >= 11 is 11.9. The number of aliphatic hydroxyl groups is 1. The first-order chi connectivity index (χ1) is 14.8. The fourth-order valence-corrected chi connectivity index (χ4v) is 4.18. The summed E-state index contributed by atoms with van der Waals surface area (Å²) in [5.41, 5.74) is 0.775. The van der Waals surface area contributed by atoms with Gasteiger partial charge in [-0.05, 0) is 43.2 Å². The summed E-state index contributed by atoms with van der Waals surface area (Å²) in [7, 11) is 0. The van der Waals surface area contributed by atoms with Crippen LogP contribution in [0, 0.1) is 0 Å². The zero-order valence-electron chi connectivity index (χ0n) is 17.4. The maximum atomic E-state index is 13.4. The number of nitrogens with zero attached hydrogens (tertiary/aromatic N) is 3. The lowest BCUT2D eigenvalue weighted by Crippen LogP contribution is -2.45. The van der Waals surface area contributed by atoms with E-state index in [-0.39, 0.29) is 18.2 Å². The molecule has 3 rings (SSSR count). The van der Waals surface area contributed by atoms with Crippen molar-refractivity contribution in [3.8, 4) is 0 Å². The first-order valence-corrected chi connectivity index (χ1v) is 11.3. The van der Waals surface area contributed by atoms with Crippen molar-refractivity contribution >= 4 is 41.1 Å². The standard InChI is InChI=1S/C22H28Cl2FN3O3/c23-17-4-2-16(14-18(17)24)3-5-21(30)28-11-7-22(31)27(12-13-28)9-1-8-26-10-6-19(25)20(29)15-26/h2-5,14,19-20,29H,1,6-13,15H2/t19-,20-/m0/s1. The van der Waals surface area contributed by atoms with E-state index in [1.165, 1.54) is 6.08 Å². The van der Waals surface area contributed by atoms with Crippen molar-refractivity contribution in [2.45, 2.75) is 31.5 Å². The van der Waals surface area contributed by atoms with Crippen LogP contribution in [0.5, 0.6) is 0 Å². The van der Waals surface area contributed by atoms with Gasteiger partial charge in [-0.15, -0.1) is 0 Å². The second-order valence-electron chi connectivity index (χ2n) is 7.99. The van der Waals surface area contributed by atoms with E-state index in [2.05, 4.69) is 0 Å². The van der Waals surface area contributed by atoms with Crippen molar-refractivity contribution in [3.63, 3.8) is 0 Å². The van der Waals surface area contributed by atoms with Crippen molar-refractivity contribution < 1.29 is 19.1 Å². The number of amides is 2. The van der Waals surface area contributed by atoms with Crippen LogP contribution in [0.3, 0.4) is 0 Å². The Morgan fingerprint density at radius 2 is 1.97 bits per heavy atom. The normalized spacial score (nSPS) is 23.4. The van der Waals surface area contributed by atoms with E-state index in [0.29, 0.717) is 62.3 Å². The van der Waals surface area contributed by atoms with Gasteiger partial charge in [-0.3, -0.25) is 9.59 Å². The average molecular weight is 472 g/mol. The largest absolute Gasteiger partial charge is 0.389 e. The second-order valence-corrected chi connectivity index (χ2v) is 8.80. The van der Waals surface area contributed by atoms with Gasteiger partial charge in [-0.1, -0.05) is 29.3 Å². The molecule has 2 amide bonds. The van der Waals surface area contributed by atoms with Gasteiger partial charge < -0.3 is 19.8 Å². The number of benzene rings is 1. The summed E-state index contributed by atoms with van der Waals surface area (Å²) < 4.78 is 13.4. The molecule has 2 aliphatic heterocycles. The third kappa shape index (κ3) is 6.91. The number of hydrogen-bond acceptors (Lipinski definition) is 4. The molecule has 0 spiro atoms. The van der Waals surface area contributed by atoms with Crippen LogP contribution in [0.4, 0.5) is 4.39 Å². The minimum Gasteiger partial charge on any atom is -0.389 e. The van der Waals surface area contributed by atoms with Crippen molar-refractivity contribution in [1.82, 2.24) is 14.7 Å². The number of rotatable bonds is 6. The first-order valence-electron chi connectivity index (χ1n) is 10.6. The van der Waals surface area contributed by atoms with Crippen LogP contribution in [0.2, 0.25) is 10.0 Å². The Bertz CT molecular complexity index is 823. The molecule has 0 bridgehead atoms. The number of piperidine rings is 1. The number of halogens is 3. The third-order valence-electron chi connectivity index (χ3n) is 5.75. The molecular formula is C22H28Cl2FN3O3. The van der Waals surface area contributed by atoms with Crippen molar-refractivity contribution in [2.75, 3.05) is 45.8 Å². The first kappa shape index (κ1) is 24.0. The molecule has 170 valence electrons. The van der Waals surface area contributed by atoms with Crippen LogP contribution in [0.15, 0.2) is 24.3 Å². The van der Waals surface area contributed by atoms with E-state index < -0.39 is 12.3 Å². The van der Waals surface area contributed by atoms with Crippen molar-refractivity contribution in [2.24, 2.45) is 0 Å². The molecule has 0 radical (unpaired) electrons. The Morgan fingerprint density at radius 3 is 2.71 bits per heavy atom. The average Bonchev–Trinajstić information content (AvgIpc) is 2.93. The van der Waals surface area contributed by atoms with Gasteiger partial charge in [0.2, 0.25) is 11.8 Å². The molecule has 0 unspecified atom stereocenters. The molecule has 2 aliphatic rings. The SMILES string of the molecule is O=C(C=Cc1ccc(Cl)c(Cl)c1)N1CCC(=O)N(CCCN2CC[C@H](F)[C@@H](O)C2)CC1. The number of alkyl halides is 1. The molecule has 1 aromatic rings. The van der Waals surface area contributed by atoms with Gasteiger partial charge in [0.25, 0.3) is 0 Å². The molecule has 0 aromatic heterocycles. The smallest absolute Gasteiger partial charge is 0.246 e. The molecule has 2 atom stereocenters. The van der Waals surface area contributed by atoms with Crippen molar-refractivity contribution in [3.05, 3.63) is 39.9 Å². The number of carbonyl (C=O) groups is 2. The van der Waals surface area contributed by atoms with Crippen LogP contribution < -0.4 is 0 Å². The van der Waals surface area contributed by atoms with Crippen LogP contribution in [0.25, 0.3) is 6.08 Å². The van der Waals surface area contributed by atoms with E-state index in [9.17, 15) is 19.1 Å².